The van der Waals surface area contributed by atoms with Crippen LogP contribution in [0, 0.1) is 0 Å². The van der Waals surface area contributed by atoms with Crippen LogP contribution in [0.25, 0.3) is 10.7 Å². The highest BCUT2D eigenvalue weighted by molar-refractivity contribution is 7.98. The largest absolute Gasteiger partial charge is 0.254 e. The Balaban J connectivity index is 1.46. The van der Waals surface area contributed by atoms with E-state index in [2.05, 4.69) is 30.9 Å². The standard InChI is InChI=1S/C13H12N6S2/c1-2-6-14-11(3-1)12-15-9(7-20-12)8-21-13-16-17-18-19(13)10-4-5-10/h1-3,6-7,10H,4-5,8H2. The third-order valence-corrected chi connectivity index (χ3v) is 5.02. The Morgan fingerprint density at radius 3 is 3.10 bits per heavy atom. The summed E-state index contributed by atoms with van der Waals surface area (Å²) in [6, 6.07) is 6.36. The molecule has 0 unspecified atom stereocenters. The number of nitrogens with zero attached hydrogens (tertiary/aromatic N) is 6. The quantitative estimate of drug-likeness (QED) is 0.674. The minimum absolute atomic E-state index is 0.502. The van der Waals surface area contributed by atoms with Gasteiger partial charge in [-0.1, -0.05) is 17.8 Å². The van der Waals surface area contributed by atoms with E-state index < -0.39 is 0 Å². The Labute approximate surface area is 129 Å². The Bertz CT molecular complexity index is 734. The molecule has 1 saturated carbocycles. The van der Waals surface area contributed by atoms with Gasteiger partial charge in [-0.25, -0.2) is 9.67 Å². The molecule has 0 atom stereocenters. The average Bonchev–Trinajstić information content (AvgIpc) is 3.09. The zero-order chi connectivity index (χ0) is 14.1. The van der Waals surface area contributed by atoms with Gasteiger partial charge in [0.15, 0.2) is 0 Å². The number of aromatic nitrogens is 6. The molecule has 3 aromatic rings. The Morgan fingerprint density at radius 1 is 1.33 bits per heavy atom. The lowest BCUT2D eigenvalue weighted by atomic mass is 10.4. The summed E-state index contributed by atoms with van der Waals surface area (Å²) < 4.78 is 1.93. The molecule has 0 aromatic carbocycles. The number of rotatable bonds is 5. The Kier molecular flexibility index (Phi) is 3.40. The van der Waals surface area contributed by atoms with Crippen LogP contribution in [0.5, 0.6) is 0 Å². The normalized spacial score (nSPS) is 14.5. The fourth-order valence-corrected chi connectivity index (χ4v) is 3.69. The number of hydrogen-bond acceptors (Lipinski definition) is 7. The molecule has 0 radical (unpaired) electrons. The molecule has 0 aliphatic heterocycles. The van der Waals surface area contributed by atoms with Crippen molar-refractivity contribution >= 4 is 23.1 Å². The van der Waals surface area contributed by atoms with E-state index in [4.69, 9.17) is 0 Å². The van der Waals surface area contributed by atoms with Gasteiger partial charge >= 0.3 is 0 Å². The summed E-state index contributed by atoms with van der Waals surface area (Å²) in [7, 11) is 0. The first kappa shape index (κ1) is 12.9. The van der Waals surface area contributed by atoms with Crippen molar-refractivity contribution in [2.75, 3.05) is 0 Å². The highest BCUT2D eigenvalue weighted by Crippen LogP contribution is 2.37. The zero-order valence-electron chi connectivity index (χ0n) is 11.1. The zero-order valence-corrected chi connectivity index (χ0v) is 12.7. The molecule has 106 valence electrons. The van der Waals surface area contributed by atoms with Gasteiger partial charge in [-0.05, 0) is 35.4 Å². The van der Waals surface area contributed by atoms with Gasteiger partial charge in [0.1, 0.15) is 5.01 Å². The van der Waals surface area contributed by atoms with Gasteiger partial charge in [-0.3, -0.25) is 4.98 Å². The van der Waals surface area contributed by atoms with Crippen molar-refractivity contribution in [1.29, 1.82) is 0 Å². The second kappa shape index (κ2) is 5.53. The highest BCUT2D eigenvalue weighted by Gasteiger charge is 2.27. The smallest absolute Gasteiger partial charge is 0.209 e. The molecule has 0 spiro atoms. The summed E-state index contributed by atoms with van der Waals surface area (Å²) in [5, 5.41) is 15.8. The molecule has 0 saturated heterocycles. The fourth-order valence-electron chi connectivity index (χ4n) is 1.95. The van der Waals surface area contributed by atoms with Gasteiger partial charge in [0.05, 0.1) is 17.4 Å². The van der Waals surface area contributed by atoms with E-state index in [-0.39, 0.29) is 0 Å². The van der Waals surface area contributed by atoms with Crippen molar-refractivity contribution in [2.24, 2.45) is 0 Å². The van der Waals surface area contributed by atoms with Crippen LogP contribution in [0.4, 0.5) is 0 Å². The van der Waals surface area contributed by atoms with Crippen LogP contribution < -0.4 is 0 Å². The second-order valence-electron chi connectivity index (χ2n) is 4.78. The van der Waals surface area contributed by atoms with Crippen molar-refractivity contribution in [1.82, 2.24) is 30.2 Å². The van der Waals surface area contributed by atoms with Crippen molar-refractivity contribution in [3.63, 3.8) is 0 Å². The topological polar surface area (TPSA) is 69.4 Å². The van der Waals surface area contributed by atoms with E-state index in [1.807, 2.05) is 22.9 Å². The Hall–Kier alpha value is -1.80. The Morgan fingerprint density at radius 2 is 2.29 bits per heavy atom. The summed E-state index contributed by atoms with van der Waals surface area (Å²) >= 11 is 3.25. The van der Waals surface area contributed by atoms with Gasteiger partial charge in [-0.15, -0.1) is 16.4 Å². The maximum Gasteiger partial charge on any atom is 0.209 e. The molecule has 4 rings (SSSR count). The third-order valence-electron chi connectivity index (χ3n) is 3.14. The van der Waals surface area contributed by atoms with Gasteiger partial charge in [-0.2, -0.15) is 0 Å². The molecular weight excluding hydrogens is 304 g/mol. The molecule has 3 heterocycles. The lowest BCUT2D eigenvalue weighted by Gasteiger charge is -2.00. The van der Waals surface area contributed by atoms with Crippen LogP contribution in [0.3, 0.4) is 0 Å². The summed E-state index contributed by atoms with van der Waals surface area (Å²) in [6.07, 6.45) is 4.15. The SMILES string of the molecule is c1ccc(-c2nc(CSc3nnnn3C3CC3)cs2)nc1. The van der Waals surface area contributed by atoms with Crippen molar-refractivity contribution < 1.29 is 0 Å². The summed E-state index contributed by atoms with van der Waals surface area (Å²) in [5.41, 5.74) is 1.96. The van der Waals surface area contributed by atoms with E-state index in [1.54, 1.807) is 29.3 Å². The monoisotopic (exact) mass is 316 g/mol. The van der Waals surface area contributed by atoms with E-state index in [0.717, 1.165) is 27.3 Å². The summed E-state index contributed by atoms with van der Waals surface area (Å²) in [5.74, 6) is 0.774. The molecule has 8 heteroatoms. The predicted octanol–water partition coefficient (Wildman–Crippen LogP) is 2.82. The number of tetrazole rings is 1. The summed E-state index contributed by atoms with van der Waals surface area (Å²) in [4.78, 5) is 8.95. The van der Waals surface area contributed by atoms with E-state index in [9.17, 15) is 0 Å². The van der Waals surface area contributed by atoms with Crippen molar-refractivity contribution in [3.8, 4) is 10.7 Å². The van der Waals surface area contributed by atoms with E-state index in [1.165, 1.54) is 12.8 Å². The minimum atomic E-state index is 0.502. The maximum atomic E-state index is 4.63. The van der Waals surface area contributed by atoms with Gasteiger partial charge in [0.25, 0.3) is 0 Å². The number of pyridine rings is 1. The van der Waals surface area contributed by atoms with Crippen LogP contribution in [0.15, 0.2) is 34.9 Å². The van der Waals surface area contributed by atoms with Gasteiger partial charge in [0.2, 0.25) is 5.16 Å². The first-order valence-electron chi connectivity index (χ1n) is 6.66. The lowest BCUT2D eigenvalue weighted by Crippen LogP contribution is -1.98. The van der Waals surface area contributed by atoms with Gasteiger partial charge < -0.3 is 0 Å². The molecular formula is C13H12N6S2. The summed E-state index contributed by atoms with van der Waals surface area (Å²) in [6.45, 7) is 0. The average molecular weight is 316 g/mol. The first-order valence-corrected chi connectivity index (χ1v) is 8.53. The van der Waals surface area contributed by atoms with Crippen LogP contribution in [-0.2, 0) is 5.75 Å². The fraction of sp³-hybridized carbons (Fsp3) is 0.308. The van der Waals surface area contributed by atoms with E-state index >= 15 is 0 Å². The maximum absolute atomic E-state index is 4.63. The van der Waals surface area contributed by atoms with Crippen LogP contribution in [0.1, 0.15) is 24.6 Å². The predicted molar refractivity (Wildman–Crippen MR) is 81.0 cm³/mol. The highest BCUT2D eigenvalue weighted by atomic mass is 32.2. The molecule has 0 bridgehead atoms. The molecule has 0 N–H and O–H groups in total. The second-order valence-corrected chi connectivity index (χ2v) is 6.59. The molecule has 6 nitrogen and oxygen atoms in total. The molecule has 1 aliphatic carbocycles. The number of thiazole rings is 1. The molecule has 1 fully saturated rings. The third kappa shape index (κ3) is 2.81. The molecule has 0 amide bonds. The van der Waals surface area contributed by atoms with Crippen LogP contribution in [0.2, 0.25) is 0 Å². The molecule has 1 aliphatic rings. The van der Waals surface area contributed by atoms with Crippen molar-refractivity contribution in [2.45, 2.75) is 29.8 Å². The number of thioether (sulfide) groups is 1. The first-order chi connectivity index (χ1) is 10.4. The van der Waals surface area contributed by atoms with Crippen LogP contribution in [-0.4, -0.2) is 30.2 Å². The van der Waals surface area contributed by atoms with Crippen LogP contribution >= 0.6 is 23.1 Å². The molecule has 21 heavy (non-hydrogen) atoms. The van der Waals surface area contributed by atoms with Crippen molar-refractivity contribution in [3.05, 3.63) is 35.5 Å². The lowest BCUT2D eigenvalue weighted by molar-refractivity contribution is 0.565. The molecule has 3 aromatic heterocycles. The number of hydrogen-bond donors (Lipinski definition) is 0. The van der Waals surface area contributed by atoms with Gasteiger partial charge in [0, 0.05) is 17.3 Å². The minimum Gasteiger partial charge on any atom is -0.254 e. The van der Waals surface area contributed by atoms with E-state index in [0.29, 0.717) is 6.04 Å².